The van der Waals surface area contributed by atoms with Gasteiger partial charge >= 0.3 is 0 Å². The molecule has 110 valence electrons. The first-order valence-corrected chi connectivity index (χ1v) is 7.36. The monoisotopic (exact) mass is 276 g/mol. The molecule has 4 nitrogen and oxygen atoms in total. The summed E-state index contributed by atoms with van der Waals surface area (Å²) in [5, 5.41) is 12.5. The number of nitrogens with one attached hydrogen (secondary N) is 1. The summed E-state index contributed by atoms with van der Waals surface area (Å²) < 4.78 is 0. The van der Waals surface area contributed by atoms with Crippen LogP contribution in [-0.4, -0.2) is 24.2 Å². The van der Waals surface area contributed by atoms with Crippen molar-refractivity contribution in [2.45, 2.75) is 38.1 Å². The van der Waals surface area contributed by atoms with Gasteiger partial charge in [0.25, 0.3) is 0 Å². The van der Waals surface area contributed by atoms with Crippen LogP contribution in [0.15, 0.2) is 30.3 Å². The van der Waals surface area contributed by atoms with E-state index in [1.807, 2.05) is 30.3 Å². The molecule has 20 heavy (non-hydrogen) atoms. The molecule has 0 aliphatic heterocycles. The van der Waals surface area contributed by atoms with Crippen LogP contribution in [0.4, 0.5) is 0 Å². The van der Waals surface area contributed by atoms with Crippen molar-refractivity contribution in [1.82, 2.24) is 5.32 Å². The summed E-state index contributed by atoms with van der Waals surface area (Å²) in [5.74, 6) is -0.172. The summed E-state index contributed by atoms with van der Waals surface area (Å²) >= 11 is 0. The van der Waals surface area contributed by atoms with Crippen molar-refractivity contribution in [2.24, 2.45) is 11.1 Å². The van der Waals surface area contributed by atoms with Gasteiger partial charge in [0, 0.05) is 12.0 Å². The van der Waals surface area contributed by atoms with Crippen LogP contribution < -0.4 is 11.1 Å². The Morgan fingerprint density at radius 1 is 1.25 bits per heavy atom. The van der Waals surface area contributed by atoms with Crippen LogP contribution in [0.1, 0.15) is 43.7 Å². The SMILES string of the molecule is N[C@@H](C(=O)NCC1(CO)CCCCC1)c1ccccc1. The minimum Gasteiger partial charge on any atom is -0.396 e. The lowest BCUT2D eigenvalue weighted by Crippen LogP contribution is -2.44. The lowest BCUT2D eigenvalue weighted by molar-refractivity contribution is -0.123. The average molecular weight is 276 g/mol. The molecule has 1 fully saturated rings. The van der Waals surface area contributed by atoms with E-state index in [0.29, 0.717) is 6.54 Å². The molecule has 0 radical (unpaired) electrons. The van der Waals surface area contributed by atoms with Gasteiger partial charge in [-0.3, -0.25) is 4.79 Å². The largest absolute Gasteiger partial charge is 0.396 e. The van der Waals surface area contributed by atoms with Gasteiger partial charge in [-0.2, -0.15) is 0 Å². The van der Waals surface area contributed by atoms with Gasteiger partial charge in [0.1, 0.15) is 6.04 Å². The molecule has 4 N–H and O–H groups in total. The molecule has 0 heterocycles. The van der Waals surface area contributed by atoms with Gasteiger partial charge in [-0.05, 0) is 18.4 Å². The Morgan fingerprint density at radius 2 is 1.90 bits per heavy atom. The van der Waals surface area contributed by atoms with E-state index in [4.69, 9.17) is 5.73 Å². The second-order valence-electron chi connectivity index (χ2n) is 5.82. The number of hydrogen-bond donors (Lipinski definition) is 3. The highest BCUT2D eigenvalue weighted by Gasteiger charge is 2.32. The molecule has 1 aliphatic carbocycles. The van der Waals surface area contributed by atoms with E-state index < -0.39 is 6.04 Å². The van der Waals surface area contributed by atoms with Crippen molar-refractivity contribution in [1.29, 1.82) is 0 Å². The molecule has 0 bridgehead atoms. The van der Waals surface area contributed by atoms with Crippen molar-refractivity contribution in [2.75, 3.05) is 13.2 Å². The Hall–Kier alpha value is -1.39. The van der Waals surface area contributed by atoms with Crippen LogP contribution in [-0.2, 0) is 4.79 Å². The minimum atomic E-state index is -0.643. The highest BCUT2D eigenvalue weighted by Crippen LogP contribution is 2.35. The maximum atomic E-state index is 12.1. The van der Waals surface area contributed by atoms with Crippen molar-refractivity contribution < 1.29 is 9.90 Å². The van der Waals surface area contributed by atoms with E-state index >= 15 is 0 Å². The highest BCUT2D eigenvalue weighted by atomic mass is 16.3. The van der Waals surface area contributed by atoms with E-state index in [1.54, 1.807) is 0 Å². The van der Waals surface area contributed by atoms with Gasteiger partial charge in [-0.25, -0.2) is 0 Å². The number of rotatable bonds is 5. The molecular weight excluding hydrogens is 252 g/mol. The van der Waals surface area contributed by atoms with Gasteiger partial charge < -0.3 is 16.2 Å². The first kappa shape index (κ1) is 15.0. The predicted molar refractivity (Wildman–Crippen MR) is 79.0 cm³/mol. The van der Waals surface area contributed by atoms with E-state index in [0.717, 1.165) is 31.2 Å². The topological polar surface area (TPSA) is 75.4 Å². The van der Waals surface area contributed by atoms with Gasteiger partial charge in [0.15, 0.2) is 0 Å². The Kier molecular flexibility index (Phi) is 5.15. The summed E-state index contributed by atoms with van der Waals surface area (Å²) in [6.07, 6.45) is 5.43. The smallest absolute Gasteiger partial charge is 0.241 e. The number of hydrogen-bond acceptors (Lipinski definition) is 3. The molecule has 1 saturated carbocycles. The Labute approximate surface area is 120 Å². The number of amides is 1. The molecule has 2 rings (SSSR count). The number of nitrogens with two attached hydrogens (primary N) is 1. The zero-order valence-electron chi connectivity index (χ0n) is 11.8. The molecule has 1 atom stereocenters. The second kappa shape index (κ2) is 6.86. The normalized spacial score (nSPS) is 19.3. The fourth-order valence-electron chi connectivity index (χ4n) is 2.89. The van der Waals surface area contributed by atoms with Crippen LogP contribution in [0.25, 0.3) is 0 Å². The molecule has 0 saturated heterocycles. The standard InChI is InChI=1S/C16H24N2O2/c17-14(13-7-3-1-4-8-13)15(20)18-11-16(12-19)9-5-2-6-10-16/h1,3-4,7-8,14,19H,2,5-6,9-12,17H2,(H,18,20)/t14-/m1/s1. The third kappa shape index (κ3) is 3.58. The lowest BCUT2D eigenvalue weighted by atomic mass is 9.74. The lowest BCUT2D eigenvalue weighted by Gasteiger charge is -2.35. The van der Waals surface area contributed by atoms with Crippen molar-refractivity contribution in [3.8, 4) is 0 Å². The summed E-state index contributed by atoms with van der Waals surface area (Å²) in [6.45, 7) is 0.650. The Morgan fingerprint density at radius 3 is 2.50 bits per heavy atom. The van der Waals surface area contributed by atoms with Gasteiger partial charge in [0.05, 0.1) is 6.61 Å². The zero-order valence-corrected chi connectivity index (χ0v) is 11.8. The number of benzene rings is 1. The van der Waals surface area contributed by atoms with Crippen LogP contribution >= 0.6 is 0 Å². The number of aliphatic hydroxyl groups is 1. The molecule has 1 aromatic rings. The van der Waals surface area contributed by atoms with Crippen LogP contribution in [0.5, 0.6) is 0 Å². The van der Waals surface area contributed by atoms with E-state index in [2.05, 4.69) is 5.32 Å². The molecule has 1 amide bonds. The molecule has 0 aromatic heterocycles. The van der Waals surface area contributed by atoms with Gasteiger partial charge in [-0.15, -0.1) is 0 Å². The highest BCUT2D eigenvalue weighted by molar-refractivity contribution is 5.82. The molecule has 4 heteroatoms. The zero-order chi connectivity index (χ0) is 14.4. The van der Waals surface area contributed by atoms with Crippen LogP contribution in [0, 0.1) is 5.41 Å². The Balaban J connectivity index is 1.91. The van der Waals surface area contributed by atoms with E-state index in [9.17, 15) is 9.90 Å². The number of aliphatic hydroxyl groups excluding tert-OH is 1. The summed E-state index contributed by atoms with van der Waals surface area (Å²) in [7, 11) is 0. The summed E-state index contributed by atoms with van der Waals surface area (Å²) in [6, 6.07) is 8.71. The van der Waals surface area contributed by atoms with Gasteiger partial charge in [0.2, 0.25) is 5.91 Å². The van der Waals surface area contributed by atoms with Crippen LogP contribution in [0.3, 0.4) is 0 Å². The molecular formula is C16H24N2O2. The maximum absolute atomic E-state index is 12.1. The molecule has 0 spiro atoms. The summed E-state index contributed by atoms with van der Waals surface area (Å²) in [4.78, 5) is 12.1. The quantitative estimate of drug-likeness (QED) is 0.767. The van der Waals surface area contributed by atoms with Gasteiger partial charge in [-0.1, -0.05) is 49.6 Å². The van der Waals surface area contributed by atoms with Crippen molar-refractivity contribution in [3.63, 3.8) is 0 Å². The van der Waals surface area contributed by atoms with E-state index in [-0.39, 0.29) is 17.9 Å². The second-order valence-corrected chi connectivity index (χ2v) is 5.82. The summed E-state index contributed by atoms with van der Waals surface area (Å²) in [5.41, 5.74) is 6.63. The first-order valence-electron chi connectivity index (χ1n) is 7.36. The molecule has 1 aromatic carbocycles. The Bertz CT molecular complexity index is 427. The molecule has 0 unspecified atom stereocenters. The number of carbonyl (C=O) groups excluding carboxylic acids is 1. The van der Waals surface area contributed by atoms with E-state index in [1.165, 1.54) is 6.42 Å². The first-order chi connectivity index (χ1) is 9.67. The molecule has 1 aliphatic rings. The van der Waals surface area contributed by atoms with Crippen molar-refractivity contribution in [3.05, 3.63) is 35.9 Å². The average Bonchev–Trinajstić information content (AvgIpc) is 2.53. The number of carbonyl (C=O) groups is 1. The maximum Gasteiger partial charge on any atom is 0.241 e. The predicted octanol–water partition coefficient (Wildman–Crippen LogP) is 1.75. The fourth-order valence-corrected chi connectivity index (χ4v) is 2.89. The van der Waals surface area contributed by atoms with Crippen LogP contribution in [0.2, 0.25) is 0 Å². The minimum absolute atomic E-state index is 0.133. The third-order valence-corrected chi connectivity index (χ3v) is 4.33. The fraction of sp³-hybridized carbons (Fsp3) is 0.562. The third-order valence-electron chi connectivity index (χ3n) is 4.33. The van der Waals surface area contributed by atoms with Crippen molar-refractivity contribution >= 4 is 5.91 Å².